The molecule has 1 aliphatic heterocycles. The van der Waals surface area contributed by atoms with Crippen LogP contribution in [0.25, 0.3) is 0 Å². The molecule has 2 aromatic rings. The van der Waals surface area contributed by atoms with Crippen LogP contribution in [0.5, 0.6) is 0 Å². The first-order chi connectivity index (χ1) is 15.1. The number of carbonyl (C=O) groups excluding carboxylic acids is 2. The van der Waals surface area contributed by atoms with E-state index in [2.05, 4.69) is 10.3 Å². The summed E-state index contributed by atoms with van der Waals surface area (Å²) in [6, 6.07) is 11.2. The second-order valence-corrected chi connectivity index (χ2v) is 8.81. The maximum atomic E-state index is 13.2. The van der Waals surface area contributed by atoms with E-state index in [-0.39, 0.29) is 29.6 Å². The molecule has 2 fully saturated rings. The van der Waals surface area contributed by atoms with Crippen molar-refractivity contribution in [3.8, 4) is 0 Å². The Bertz CT molecular complexity index is 881. The van der Waals surface area contributed by atoms with Crippen molar-refractivity contribution < 1.29 is 14.0 Å². The van der Waals surface area contributed by atoms with Gasteiger partial charge in [0, 0.05) is 37.2 Å². The second kappa shape index (κ2) is 10.0. The van der Waals surface area contributed by atoms with E-state index < -0.39 is 0 Å². The molecule has 0 unspecified atom stereocenters. The third kappa shape index (κ3) is 5.49. The summed E-state index contributed by atoms with van der Waals surface area (Å²) in [6.07, 6.45) is 8.77. The molecule has 2 atom stereocenters. The molecule has 2 amide bonds. The Kier molecular flexibility index (Phi) is 6.95. The number of nitrogens with zero attached hydrogens (tertiary/aromatic N) is 2. The maximum Gasteiger partial charge on any atom is 0.253 e. The van der Waals surface area contributed by atoms with Gasteiger partial charge in [0.2, 0.25) is 5.91 Å². The molecule has 1 aromatic carbocycles. The van der Waals surface area contributed by atoms with Crippen LogP contribution in [0.4, 0.5) is 4.39 Å². The Morgan fingerprint density at radius 3 is 2.55 bits per heavy atom. The Morgan fingerprint density at radius 1 is 1.06 bits per heavy atom. The molecule has 1 N–H and O–H groups in total. The summed E-state index contributed by atoms with van der Waals surface area (Å²) >= 11 is 0. The number of pyridine rings is 1. The van der Waals surface area contributed by atoms with Crippen molar-refractivity contribution in [1.82, 2.24) is 15.2 Å². The van der Waals surface area contributed by atoms with Gasteiger partial charge < -0.3 is 10.2 Å². The Morgan fingerprint density at radius 2 is 1.84 bits per heavy atom. The van der Waals surface area contributed by atoms with Crippen LogP contribution in [-0.2, 0) is 4.79 Å². The van der Waals surface area contributed by atoms with E-state index in [4.69, 9.17) is 0 Å². The summed E-state index contributed by atoms with van der Waals surface area (Å²) in [5.74, 6) is 0.187. The van der Waals surface area contributed by atoms with E-state index in [1.807, 2.05) is 23.1 Å². The van der Waals surface area contributed by atoms with Gasteiger partial charge in [0.1, 0.15) is 5.82 Å². The minimum absolute atomic E-state index is 0.0736. The summed E-state index contributed by atoms with van der Waals surface area (Å²) < 4.78 is 13.2. The first kappa shape index (κ1) is 21.5. The van der Waals surface area contributed by atoms with Crippen LogP contribution in [0.3, 0.4) is 0 Å². The fourth-order valence-corrected chi connectivity index (χ4v) is 4.94. The molecule has 0 spiro atoms. The highest BCUT2D eigenvalue weighted by atomic mass is 19.1. The normalized spacial score (nSPS) is 20.4. The summed E-state index contributed by atoms with van der Waals surface area (Å²) in [5, 5.41) is 3.25. The predicted octanol–water partition coefficient (Wildman–Crippen LogP) is 4.51. The third-order valence-corrected chi connectivity index (χ3v) is 6.58. The zero-order valence-corrected chi connectivity index (χ0v) is 17.8. The lowest BCUT2D eigenvalue weighted by atomic mass is 9.87. The van der Waals surface area contributed by atoms with Crippen molar-refractivity contribution in [3.63, 3.8) is 0 Å². The molecule has 4 rings (SSSR count). The van der Waals surface area contributed by atoms with Crippen LogP contribution in [0.2, 0.25) is 0 Å². The minimum atomic E-state index is -0.353. The summed E-state index contributed by atoms with van der Waals surface area (Å²) in [5.41, 5.74) is 1.32. The topological polar surface area (TPSA) is 62.3 Å². The largest absolute Gasteiger partial charge is 0.347 e. The van der Waals surface area contributed by atoms with Gasteiger partial charge in [0.25, 0.3) is 5.91 Å². The number of nitrogens with one attached hydrogen (secondary N) is 1. The molecular weight excluding hydrogens is 393 g/mol. The van der Waals surface area contributed by atoms with Crippen LogP contribution < -0.4 is 5.32 Å². The average Bonchev–Trinajstić information content (AvgIpc) is 3.31. The lowest BCUT2D eigenvalue weighted by Gasteiger charge is -2.37. The van der Waals surface area contributed by atoms with Gasteiger partial charge in [0.15, 0.2) is 0 Å². The zero-order valence-electron chi connectivity index (χ0n) is 17.8. The summed E-state index contributed by atoms with van der Waals surface area (Å²) in [7, 11) is 0. The monoisotopic (exact) mass is 423 g/mol. The molecule has 2 heterocycles. The van der Waals surface area contributed by atoms with Gasteiger partial charge >= 0.3 is 0 Å². The van der Waals surface area contributed by atoms with Crippen molar-refractivity contribution >= 4 is 11.8 Å². The fourth-order valence-electron chi connectivity index (χ4n) is 4.94. The van der Waals surface area contributed by atoms with E-state index in [9.17, 15) is 14.0 Å². The predicted molar refractivity (Wildman–Crippen MR) is 117 cm³/mol. The zero-order chi connectivity index (χ0) is 21.6. The fraction of sp³-hybridized carbons (Fsp3) is 0.480. The third-order valence-electron chi connectivity index (χ3n) is 6.58. The number of likely N-dealkylation sites (tertiary alicyclic amines) is 1. The number of aromatic nitrogens is 1. The molecular formula is C25H30FN3O2. The van der Waals surface area contributed by atoms with Crippen molar-refractivity contribution in [2.24, 2.45) is 11.8 Å². The number of amides is 2. The number of rotatable bonds is 6. The highest BCUT2D eigenvalue weighted by Crippen LogP contribution is 2.31. The number of benzene rings is 1. The first-order valence-electron chi connectivity index (χ1n) is 11.4. The van der Waals surface area contributed by atoms with Gasteiger partial charge in [-0.3, -0.25) is 14.6 Å². The number of carbonyl (C=O) groups is 2. The van der Waals surface area contributed by atoms with Gasteiger partial charge in [-0.15, -0.1) is 0 Å². The van der Waals surface area contributed by atoms with Gasteiger partial charge in [-0.25, -0.2) is 4.39 Å². The number of hydrogen-bond donors (Lipinski definition) is 1. The van der Waals surface area contributed by atoms with E-state index in [0.29, 0.717) is 31.0 Å². The standard InChI is InChI=1S/C25H30FN3O2/c26-21-12-10-19(11-13-21)25(31)29-15-5-8-20(17-29)24(22-9-3-4-14-27-22)28-23(30)16-18-6-1-2-7-18/h3-4,9-14,18,20,24H,1-2,5-8,15-17H2,(H,28,30)/t20-,24+/m1/s1. The van der Waals surface area contributed by atoms with Gasteiger partial charge in [0.05, 0.1) is 11.7 Å². The Hall–Kier alpha value is -2.76. The van der Waals surface area contributed by atoms with Crippen LogP contribution in [0.15, 0.2) is 48.7 Å². The molecule has 1 saturated carbocycles. The molecule has 0 radical (unpaired) electrons. The van der Waals surface area contributed by atoms with E-state index in [0.717, 1.165) is 31.4 Å². The van der Waals surface area contributed by atoms with Gasteiger partial charge in [-0.1, -0.05) is 18.9 Å². The van der Waals surface area contributed by atoms with Gasteiger partial charge in [-0.2, -0.15) is 0 Å². The average molecular weight is 424 g/mol. The summed E-state index contributed by atoms with van der Waals surface area (Å²) in [4.78, 5) is 32.1. The lowest BCUT2D eigenvalue weighted by Crippen LogP contribution is -2.45. The van der Waals surface area contributed by atoms with E-state index in [1.165, 1.54) is 37.1 Å². The Balaban J connectivity index is 1.48. The molecule has 5 nitrogen and oxygen atoms in total. The van der Waals surface area contributed by atoms with Gasteiger partial charge in [-0.05, 0) is 68.0 Å². The van der Waals surface area contributed by atoms with Crippen molar-refractivity contribution in [3.05, 3.63) is 65.7 Å². The molecule has 1 aromatic heterocycles. The molecule has 2 aliphatic rings. The molecule has 1 aliphatic carbocycles. The Labute approximate surface area is 183 Å². The minimum Gasteiger partial charge on any atom is -0.347 e. The number of halogens is 1. The quantitative estimate of drug-likeness (QED) is 0.744. The molecule has 1 saturated heterocycles. The lowest BCUT2D eigenvalue weighted by molar-refractivity contribution is -0.123. The second-order valence-electron chi connectivity index (χ2n) is 8.81. The maximum absolute atomic E-state index is 13.2. The van der Waals surface area contributed by atoms with Crippen LogP contribution in [-0.4, -0.2) is 34.8 Å². The van der Waals surface area contributed by atoms with Crippen molar-refractivity contribution in [1.29, 1.82) is 0 Å². The van der Waals surface area contributed by atoms with E-state index >= 15 is 0 Å². The molecule has 31 heavy (non-hydrogen) atoms. The SMILES string of the molecule is O=C(CC1CCCC1)N[C@H](c1ccccn1)[C@@H]1CCCN(C(=O)c2ccc(F)cc2)C1. The van der Waals surface area contributed by atoms with Crippen LogP contribution in [0.1, 0.15) is 67.0 Å². The number of hydrogen-bond acceptors (Lipinski definition) is 3. The highest BCUT2D eigenvalue weighted by molar-refractivity contribution is 5.94. The number of piperidine rings is 1. The first-order valence-corrected chi connectivity index (χ1v) is 11.4. The molecule has 6 heteroatoms. The molecule has 164 valence electrons. The summed E-state index contributed by atoms with van der Waals surface area (Å²) in [6.45, 7) is 1.21. The van der Waals surface area contributed by atoms with Crippen molar-refractivity contribution in [2.45, 2.75) is 51.0 Å². The smallest absolute Gasteiger partial charge is 0.253 e. The van der Waals surface area contributed by atoms with Crippen molar-refractivity contribution in [2.75, 3.05) is 13.1 Å². The van der Waals surface area contributed by atoms with Crippen LogP contribution in [0, 0.1) is 17.7 Å². The molecule has 0 bridgehead atoms. The highest BCUT2D eigenvalue weighted by Gasteiger charge is 2.33. The van der Waals surface area contributed by atoms with Crippen LogP contribution >= 0.6 is 0 Å². The van der Waals surface area contributed by atoms with E-state index in [1.54, 1.807) is 6.20 Å².